The Hall–Kier alpha value is -1.71. The van der Waals surface area contributed by atoms with Gasteiger partial charge in [-0.1, -0.05) is 25.5 Å². The summed E-state index contributed by atoms with van der Waals surface area (Å²) < 4.78 is 0. The van der Waals surface area contributed by atoms with Gasteiger partial charge in [-0.15, -0.1) is 0 Å². The zero-order chi connectivity index (χ0) is 12.4. The largest absolute Gasteiger partial charge is 0.478 e. The van der Waals surface area contributed by atoms with Crippen molar-refractivity contribution in [3.8, 4) is 0 Å². The molecule has 2 rings (SSSR count). The molecule has 1 heterocycles. The molecule has 1 aliphatic rings. The SMILES string of the molecule is CCCCN1c2ccccc2N(C)C1C(=O)O. The van der Waals surface area contributed by atoms with Crippen LogP contribution in [0.4, 0.5) is 11.4 Å². The zero-order valence-electron chi connectivity index (χ0n) is 10.3. The van der Waals surface area contributed by atoms with Gasteiger partial charge in [-0.2, -0.15) is 0 Å². The number of likely N-dealkylation sites (N-methyl/N-ethyl adjacent to an activating group) is 1. The van der Waals surface area contributed by atoms with Gasteiger partial charge in [0.1, 0.15) is 0 Å². The monoisotopic (exact) mass is 234 g/mol. The van der Waals surface area contributed by atoms with Crippen molar-refractivity contribution >= 4 is 17.3 Å². The maximum Gasteiger partial charge on any atom is 0.347 e. The number of hydrogen-bond acceptors (Lipinski definition) is 3. The standard InChI is InChI=1S/C13H18N2O2/c1-3-4-9-15-11-8-6-5-7-10(11)14(2)12(15)13(16)17/h5-8,12H,3-4,9H2,1-2H3,(H,16,17). The van der Waals surface area contributed by atoms with Gasteiger partial charge in [0.2, 0.25) is 6.17 Å². The highest BCUT2D eigenvalue weighted by molar-refractivity contribution is 5.90. The number of carboxylic acids is 1. The van der Waals surface area contributed by atoms with Crippen LogP contribution in [0.25, 0.3) is 0 Å². The molecule has 0 saturated carbocycles. The van der Waals surface area contributed by atoms with E-state index < -0.39 is 12.1 Å². The first kappa shape index (κ1) is 11.8. The number of carboxylic acid groups (broad SMARTS) is 1. The van der Waals surface area contributed by atoms with Gasteiger partial charge in [-0.3, -0.25) is 0 Å². The highest BCUT2D eigenvalue weighted by Gasteiger charge is 2.37. The molecule has 0 radical (unpaired) electrons. The average Bonchev–Trinajstić information content (AvgIpc) is 2.60. The predicted octanol–water partition coefficient (Wildman–Crippen LogP) is 2.15. The molecule has 1 N–H and O–H groups in total. The second-order valence-corrected chi connectivity index (χ2v) is 4.36. The van der Waals surface area contributed by atoms with Crippen molar-refractivity contribution in [3.05, 3.63) is 24.3 Å². The molecule has 0 saturated heterocycles. The van der Waals surface area contributed by atoms with Gasteiger partial charge in [-0.25, -0.2) is 4.79 Å². The molecule has 0 fully saturated rings. The summed E-state index contributed by atoms with van der Waals surface area (Å²) in [6, 6.07) is 7.86. The number of rotatable bonds is 4. The smallest absolute Gasteiger partial charge is 0.347 e. The Kier molecular flexibility index (Phi) is 3.22. The van der Waals surface area contributed by atoms with Crippen LogP contribution in [0.1, 0.15) is 19.8 Å². The van der Waals surface area contributed by atoms with Crippen molar-refractivity contribution in [1.82, 2.24) is 0 Å². The molecule has 4 nitrogen and oxygen atoms in total. The number of nitrogens with zero attached hydrogens (tertiary/aromatic N) is 2. The lowest BCUT2D eigenvalue weighted by Gasteiger charge is -2.27. The lowest BCUT2D eigenvalue weighted by Crippen LogP contribution is -2.47. The van der Waals surface area contributed by atoms with Crippen LogP contribution in [-0.4, -0.2) is 30.8 Å². The van der Waals surface area contributed by atoms with Crippen molar-refractivity contribution in [3.63, 3.8) is 0 Å². The third-order valence-corrected chi connectivity index (χ3v) is 3.21. The van der Waals surface area contributed by atoms with Crippen molar-refractivity contribution < 1.29 is 9.90 Å². The van der Waals surface area contributed by atoms with Gasteiger partial charge in [-0.05, 0) is 18.6 Å². The van der Waals surface area contributed by atoms with Crippen LogP contribution in [0.5, 0.6) is 0 Å². The molecule has 1 aromatic rings. The van der Waals surface area contributed by atoms with Gasteiger partial charge in [0, 0.05) is 13.6 Å². The molecule has 1 aliphatic heterocycles. The van der Waals surface area contributed by atoms with Gasteiger partial charge in [0.15, 0.2) is 0 Å². The predicted molar refractivity (Wildman–Crippen MR) is 68.5 cm³/mol. The quantitative estimate of drug-likeness (QED) is 0.867. The van der Waals surface area contributed by atoms with Crippen LogP contribution in [0, 0.1) is 0 Å². The molecule has 0 aliphatic carbocycles. The fraction of sp³-hybridized carbons (Fsp3) is 0.462. The van der Waals surface area contributed by atoms with Crippen LogP contribution in [0.2, 0.25) is 0 Å². The normalized spacial score (nSPS) is 18.4. The lowest BCUT2D eigenvalue weighted by atomic mass is 10.2. The van der Waals surface area contributed by atoms with Crippen molar-refractivity contribution in [2.75, 3.05) is 23.4 Å². The molecular formula is C13H18N2O2. The number of hydrogen-bond donors (Lipinski definition) is 1. The third kappa shape index (κ3) is 1.95. The summed E-state index contributed by atoms with van der Waals surface area (Å²) in [6.07, 6.45) is 1.50. The lowest BCUT2D eigenvalue weighted by molar-refractivity contribution is -0.138. The van der Waals surface area contributed by atoms with Gasteiger partial charge >= 0.3 is 5.97 Å². The third-order valence-electron chi connectivity index (χ3n) is 3.21. The first-order valence-corrected chi connectivity index (χ1v) is 5.98. The van der Waals surface area contributed by atoms with E-state index in [1.165, 1.54) is 0 Å². The number of aliphatic carboxylic acids is 1. The van der Waals surface area contributed by atoms with E-state index in [0.717, 1.165) is 30.8 Å². The van der Waals surface area contributed by atoms with Gasteiger partial charge < -0.3 is 14.9 Å². The highest BCUT2D eigenvalue weighted by atomic mass is 16.4. The first-order valence-electron chi connectivity index (χ1n) is 5.98. The summed E-state index contributed by atoms with van der Waals surface area (Å²) in [4.78, 5) is 15.2. The Labute approximate surface area is 101 Å². The fourth-order valence-electron chi connectivity index (χ4n) is 2.35. The van der Waals surface area contributed by atoms with E-state index in [0.29, 0.717) is 0 Å². The van der Waals surface area contributed by atoms with E-state index in [9.17, 15) is 9.90 Å². The Balaban J connectivity index is 2.34. The second-order valence-electron chi connectivity index (χ2n) is 4.36. The van der Waals surface area contributed by atoms with E-state index >= 15 is 0 Å². The molecule has 0 spiro atoms. The zero-order valence-corrected chi connectivity index (χ0v) is 10.3. The van der Waals surface area contributed by atoms with Gasteiger partial charge in [0.05, 0.1) is 11.4 Å². The minimum absolute atomic E-state index is 0.570. The van der Waals surface area contributed by atoms with Crippen molar-refractivity contribution in [1.29, 1.82) is 0 Å². The molecule has 92 valence electrons. The fourth-order valence-corrected chi connectivity index (χ4v) is 2.35. The van der Waals surface area contributed by atoms with Crippen LogP contribution in [0.15, 0.2) is 24.3 Å². The number of para-hydroxylation sites is 2. The minimum atomic E-state index is -0.792. The summed E-state index contributed by atoms with van der Waals surface area (Å²) in [5, 5.41) is 9.34. The molecule has 0 aromatic heterocycles. The molecule has 0 bridgehead atoms. The Morgan fingerprint density at radius 1 is 1.35 bits per heavy atom. The first-order chi connectivity index (χ1) is 8.16. The number of anilines is 2. The Morgan fingerprint density at radius 3 is 2.59 bits per heavy atom. The molecule has 17 heavy (non-hydrogen) atoms. The molecular weight excluding hydrogens is 216 g/mol. The number of fused-ring (bicyclic) bond motifs is 1. The maximum atomic E-state index is 11.4. The summed E-state index contributed by atoms with van der Waals surface area (Å²) in [5.41, 5.74) is 2.02. The summed E-state index contributed by atoms with van der Waals surface area (Å²) in [6.45, 7) is 2.90. The Morgan fingerprint density at radius 2 is 2.00 bits per heavy atom. The van der Waals surface area contributed by atoms with Crippen LogP contribution < -0.4 is 9.80 Å². The van der Waals surface area contributed by atoms with E-state index in [1.807, 2.05) is 41.1 Å². The van der Waals surface area contributed by atoms with Crippen LogP contribution in [-0.2, 0) is 4.79 Å². The van der Waals surface area contributed by atoms with Crippen LogP contribution >= 0.6 is 0 Å². The van der Waals surface area contributed by atoms with E-state index in [-0.39, 0.29) is 0 Å². The van der Waals surface area contributed by atoms with Crippen molar-refractivity contribution in [2.45, 2.75) is 25.9 Å². The van der Waals surface area contributed by atoms with Crippen molar-refractivity contribution in [2.24, 2.45) is 0 Å². The second kappa shape index (κ2) is 4.65. The molecule has 1 aromatic carbocycles. The maximum absolute atomic E-state index is 11.4. The Bertz CT molecular complexity index is 420. The average molecular weight is 234 g/mol. The van der Waals surface area contributed by atoms with Crippen LogP contribution in [0.3, 0.4) is 0 Å². The highest BCUT2D eigenvalue weighted by Crippen LogP contribution is 2.38. The molecule has 1 unspecified atom stereocenters. The van der Waals surface area contributed by atoms with Gasteiger partial charge in [0.25, 0.3) is 0 Å². The molecule has 4 heteroatoms. The topological polar surface area (TPSA) is 43.8 Å². The molecule has 0 amide bonds. The summed E-state index contributed by atoms with van der Waals surface area (Å²) in [5.74, 6) is -0.792. The minimum Gasteiger partial charge on any atom is -0.478 e. The van der Waals surface area contributed by atoms with E-state index in [2.05, 4.69) is 6.92 Å². The number of benzene rings is 1. The van der Waals surface area contributed by atoms with E-state index in [4.69, 9.17) is 0 Å². The molecule has 1 atom stereocenters. The number of unbranched alkanes of at least 4 members (excludes halogenated alkanes) is 1. The summed E-state index contributed by atoms with van der Waals surface area (Å²) >= 11 is 0. The number of carbonyl (C=O) groups is 1. The summed E-state index contributed by atoms with van der Waals surface area (Å²) in [7, 11) is 1.84. The van der Waals surface area contributed by atoms with E-state index in [1.54, 1.807) is 0 Å².